The summed E-state index contributed by atoms with van der Waals surface area (Å²) in [6.07, 6.45) is -0.973. The molecule has 9 heteroatoms. The van der Waals surface area contributed by atoms with E-state index in [-0.39, 0.29) is 12.3 Å². The molecule has 36 heavy (non-hydrogen) atoms. The number of nitrogens with one attached hydrogen (secondary N) is 1. The van der Waals surface area contributed by atoms with Gasteiger partial charge in [-0.05, 0) is 36.4 Å². The summed E-state index contributed by atoms with van der Waals surface area (Å²) >= 11 is 6.07. The lowest BCUT2D eigenvalue weighted by Crippen LogP contribution is -2.44. The maximum absolute atomic E-state index is 13.8. The molecule has 0 aliphatic carbocycles. The van der Waals surface area contributed by atoms with Gasteiger partial charge in [0.25, 0.3) is 5.91 Å². The normalized spacial score (nSPS) is 11.7. The SMILES string of the molecule is COCCN(Cc1cccc(OC)c1OC)CC(Oc1cccc(F)c1)C(=O)Nc1cccc(Cl)c1. The van der Waals surface area contributed by atoms with E-state index in [1.807, 2.05) is 23.1 Å². The quantitative estimate of drug-likeness (QED) is 0.343. The van der Waals surface area contributed by atoms with Crippen molar-refractivity contribution in [1.29, 1.82) is 0 Å². The molecule has 192 valence electrons. The Kier molecular flexibility index (Phi) is 10.4. The molecule has 0 saturated carbocycles. The number of ether oxygens (including phenoxy) is 4. The zero-order valence-corrected chi connectivity index (χ0v) is 21.3. The third kappa shape index (κ3) is 7.84. The molecule has 0 radical (unpaired) electrons. The van der Waals surface area contributed by atoms with Gasteiger partial charge in [0.1, 0.15) is 11.6 Å². The standard InChI is InChI=1S/C27H30ClFN2O5/c1-33-14-13-31(17-19-7-4-12-24(34-2)26(19)35-3)18-25(36-23-11-6-9-21(29)16-23)27(32)30-22-10-5-8-20(28)15-22/h4-12,15-16,25H,13-14,17-18H2,1-3H3,(H,30,32). The van der Waals surface area contributed by atoms with Crippen molar-refractivity contribution in [2.75, 3.05) is 46.3 Å². The van der Waals surface area contributed by atoms with Gasteiger partial charge in [0, 0.05) is 49.1 Å². The first kappa shape index (κ1) is 27.3. The third-order valence-electron chi connectivity index (χ3n) is 5.37. The highest BCUT2D eigenvalue weighted by molar-refractivity contribution is 6.30. The topological polar surface area (TPSA) is 69.3 Å². The zero-order chi connectivity index (χ0) is 25.9. The summed E-state index contributed by atoms with van der Waals surface area (Å²) < 4.78 is 36.1. The highest BCUT2D eigenvalue weighted by atomic mass is 35.5. The van der Waals surface area contributed by atoms with Gasteiger partial charge in [0.15, 0.2) is 17.6 Å². The summed E-state index contributed by atoms with van der Waals surface area (Å²) in [5.41, 5.74) is 1.39. The van der Waals surface area contributed by atoms with Crippen molar-refractivity contribution in [3.8, 4) is 17.2 Å². The van der Waals surface area contributed by atoms with E-state index in [2.05, 4.69) is 5.32 Å². The lowest BCUT2D eigenvalue weighted by atomic mass is 10.1. The average Bonchev–Trinajstić information content (AvgIpc) is 2.86. The van der Waals surface area contributed by atoms with Gasteiger partial charge in [-0.1, -0.05) is 35.9 Å². The van der Waals surface area contributed by atoms with Crippen LogP contribution in [0.3, 0.4) is 0 Å². The number of anilines is 1. The minimum Gasteiger partial charge on any atom is -0.493 e. The Labute approximate surface area is 215 Å². The van der Waals surface area contributed by atoms with Crippen LogP contribution in [-0.2, 0) is 16.1 Å². The van der Waals surface area contributed by atoms with E-state index in [0.29, 0.717) is 41.9 Å². The summed E-state index contributed by atoms with van der Waals surface area (Å²) in [5.74, 6) is 0.591. The lowest BCUT2D eigenvalue weighted by molar-refractivity contribution is -0.123. The van der Waals surface area contributed by atoms with Gasteiger partial charge in [0.05, 0.1) is 20.8 Å². The van der Waals surface area contributed by atoms with E-state index in [1.54, 1.807) is 51.7 Å². The molecule has 0 heterocycles. The molecule has 0 saturated heterocycles. The summed E-state index contributed by atoms with van der Waals surface area (Å²) in [6.45, 7) is 1.54. The first-order valence-corrected chi connectivity index (χ1v) is 11.7. The molecule has 1 amide bonds. The van der Waals surface area contributed by atoms with Gasteiger partial charge in [-0.25, -0.2) is 4.39 Å². The number of rotatable bonds is 13. The molecule has 0 fully saturated rings. The van der Waals surface area contributed by atoms with Gasteiger partial charge < -0.3 is 24.3 Å². The molecule has 1 N–H and O–H groups in total. The summed E-state index contributed by atoms with van der Waals surface area (Å²) in [5, 5.41) is 3.33. The van der Waals surface area contributed by atoms with Crippen molar-refractivity contribution in [2.24, 2.45) is 0 Å². The molecular formula is C27H30ClFN2O5. The van der Waals surface area contributed by atoms with Crippen LogP contribution in [-0.4, -0.2) is 57.9 Å². The van der Waals surface area contributed by atoms with Crippen molar-refractivity contribution in [2.45, 2.75) is 12.6 Å². The number of methoxy groups -OCH3 is 3. The molecule has 0 aliphatic heterocycles. The van der Waals surface area contributed by atoms with Crippen molar-refractivity contribution in [3.05, 3.63) is 83.1 Å². The number of benzene rings is 3. The Morgan fingerprint density at radius 1 is 1.03 bits per heavy atom. The maximum Gasteiger partial charge on any atom is 0.266 e. The predicted molar refractivity (Wildman–Crippen MR) is 138 cm³/mol. The number of hydrogen-bond donors (Lipinski definition) is 1. The van der Waals surface area contributed by atoms with E-state index >= 15 is 0 Å². The van der Waals surface area contributed by atoms with Crippen molar-refractivity contribution < 1.29 is 28.1 Å². The summed E-state index contributed by atoms with van der Waals surface area (Å²) in [6, 6.07) is 18.1. The summed E-state index contributed by atoms with van der Waals surface area (Å²) in [4.78, 5) is 15.3. The number of carbonyl (C=O) groups excluding carboxylic acids is 1. The van der Waals surface area contributed by atoms with Crippen LogP contribution in [0.1, 0.15) is 5.56 Å². The minimum absolute atomic E-state index is 0.187. The fraction of sp³-hybridized carbons (Fsp3) is 0.296. The monoisotopic (exact) mass is 516 g/mol. The van der Waals surface area contributed by atoms with Gasteiger partial charge in [-0.15, -0.1) is 0 Å². The van der Waals surface area contributed by atoms with Crippen LogP contribution >= 0.6 is 11.6 Å². The Morgan fingerprint density at radius 3 is 2.50 bits per heavy atom. The van der Waals surface area contributed by atoms with Crippen LogP contribution in [0, 0.1) is 5.82 Å². The molecule has 3 aromatic carbocycles. The zero-order valence-electron chi connectivity index (χ0n) is 20.5. The van der Waals surface area contributed by atoms with Crippen LogP contribution in [0.15, 0.2) is 66.7 Å². The van der Waals surface area contributed by atoms with Crippen LogP contribution in [0.4, 0.5) is 10.1 Å². The van der Waals surface area contributed by atoms with E-state index in [9.17, 15) is 9.18 Å². The maximum atomic E-state index is 13.8. The molecule has 3 rings (SSSR count). The Morgan fingerprint density at radius 2 is 1.81 bits per heavy atom. The number of carbonyl (C=O) groups is 1. The fourth-order valence-electron chi connectivity index (χ4n) is 3.68. The first-order chi connectivity index (χ1) is 17.4. The molecule has 3 aromatic rings. The Hall–Kier alpha value is -3.33. The molecule has 1 atom stereocenters. The second-order valence-electron chi connectivity index (χ2n) is 7.94. The molecule has 0 aromatic heterocycles. The average molecular weight is 517 g/mol. The highest BCUT2D eigenvalue weighted by Crippen LogP contribution is 2.31. The lowest BCUT2D eigenvalue weighted by Gasteiger charge is -2.28. The fourth-order valence-corrected chi connectivity index (χ4v) is 3.87. The number of nitrogens with zero attached hydrogens (tertiary/aromatic N) is 1. The predicted octanol–water partition coefficient (Wildman–Crippen LogP) is 5.03. The molecule has 0 bridgehead atoms. The number of hydrogen-bond acceptors (Lipinski definition) is 6. The van der Waals surface area contributed by atoms with Crippen molar-refractivity contribution >= 4 is 23.2 Å². The number of para-hydroxylation sites is 1. The van der Waals surface area contributed by atoms with Gasteiger partial charge in [-0.3, -0.25) is 9.69 Å². The Bertz CT molecular complexity index is 1150. The molecule has 1 unspecified atom stereocenters. The summed E-state index contributed by atoms with van der Waals surface area (Å²) in [7, 11) is 4.76. The second-order valence-corrected chi connectivity index (χ2v) is 8.38. The van der Waals surface area contributed by atoms with E-state index < -0.39 is 17.8 Å². The third-order valence-corrected chi connectivity index (χ3v) is 5.61. The Balaban J connectivity index is 1.87. The van der Waals surface area contributed by atoms with Crippen molar-refractivity contribution in [1.82, 2.24) is 4.90 Å². The number of amides is 1. The van der Waals surface area contributed by atoms with E-state index in [1.165, 1.54) is 18.2 Å². The molecule has 7 nitrogen and oxygen atoms in total. The van der Waals surface area contributed by atoms with Gasteiger partial charge in [-0.2, -0.15) is 0 Å². The highest BCUT2D eigenvalue weighted by Gasteiger charge is 2.25. The van der Waals surface area contributed by atoms with Crippen LogP contribution in [0.2, 0.25) is 5.02 Å². The van der Waals surface area contributed by atoms with Gasteiger partial charge in [0.2, 0.25) is 0 Å². The molecule has 0 aliphatic rings. The second kappa shape index (κ2) is 13.7. The molecule has 0 spiro atoms. The minimum atomic E-state index is -0.973. The van der Waals surface area contributed by atoms with Crippen LogP contribution < -0.4 is 19.5 Å². The smallest absolute Gasteiger partial charge is 0.266 e. The van der Waals surface area contributed by atoms with Crippen LogP contribution in [0.5, 0.6) is 17.2 Å². The van der Waals surface area contributed by atoms with E-state index in [0.717, 1.165) is 5.56 Å². The van der Waals surface area contributed by atoms with Crippen LogP contribution in [0.25, 0.3) is 0 Å². The molecular weight excluding hydrogens is 487 g/mol. The van der Waals surface area contributed by atoms with Crippen molar-refractivity contribution in [3.63, 3.8) is 0 Å². The largest absolute Gasteiger partial charge is 0.493 e. The van der Waals surface area contributed by atoms with Gasteiger partial charge >= 0.3 is 0 Å². The van der Waals surface area contributed by atoms with E-state index in [4.69, 9.17) is 30.5 Å². The number of halogens is 2. The first-order valence-electron chi connectivity index (χ1n) is 11.3.